The zero-order chi connectivity index (χ0) is 16.0. The number of imidazole rings is 1. The summed E-state index contributed by atoms with van der Waals surface area (Å²) in [6.07, 6.45) is 5.24. The number of hydrogen-bond acceptors (Lipinski definition) is 3. The van der Waals surface area contributed by atoms with Crippen LogP contribution < -0.4 is 0 Å². The Balaban J connectivity index is 0.00000169. The summed E-state index contributed by atoms with van der Waals surface area (Å²) in [6, 6.07) is 11.4. The normalized spacial score (nSPS) is 10.8. The van der Waals surface area contributed by atoms with Gasteiger partial charge in [-0.05, 0) is 31.9 Å². The summed E-state index contributed by atoms with van der Waals surface area (Å²) in [5, 5.41) is 0. The van der Waals surface area contributed by atoms with Crippen molar-refractivity contribution in [3.63, 3.8) is 0 Å². The molecule has 5 heteroatoms. The fourth-order valence-corrected chi connectivity index (χ4v) is 3.16. The molecule has 0 aliphatic heterocycles. The van der Waals surface area contributed by atoms with Crippen molar-refractivity contribution in [1.29, 1.82) is 0 Å². The number of fused-ring (bicyclic) bond motifs is 1. The summed E-state index contributed by atoms with van der Waals surface area (Å²) in [7, 11) is 0. The summed E-state index contributed by atoms with van der Waals surface area (Å²) >= 11 is 0. The molecule has 0 bridgehead atoms. The van der Waals surface area contributed by atoms with Gasteiger partial charge in [-0.1, -0.05) is 23.8 Å². The van der Waals surface area contributed by atoms with E-state index in [9.17, 15) is 0 Å². The topological polar surface area (TPSA) is 43.9 Å². The molecule has 0 saturated carbocycles. The standard InChI is InChI=1S/C19H16N3O.Ir/c1-12-8-13(2)18(14(3)9-12)22-7-6-20-19(22)15-4-5-16-17(10-15)23-11-21-16;/h5-11H,1-3H3;/q-1;. The minimum Gasteiger partial charge on any atom is -0.464 e. The van der Waals surface area contributed by atoms with Crippen molar-refractivity contribution in [2.24, 2.45) is 0 Å². The van der Waals surface area contributed by atoms with Crippen molar-refractivity contribution in [3.05, 3.63) is 65.8 Å². The first kappa shape index (κ1) is 16.6. The zero-order valence-electron chi connectivity index (χ0n) is 13.6. The van der Waals surface area contributed by atoms with Gasteiger partial charge >= 0.3 is 0 Å². The van der Waals surface area contributed by atoms with Crippen LogP contribution in [0.1, 0.15) is 16.7 Å². The molecule has 1 radical (unpaired) electrons. The van der Waals surface area contributed by atoms with Crippen LogP contribution in [-0.4, -0.2) is 14.5 Å². The third-order valence-corrected chi connectivity index (χ3v) is 4.02. The van der Waals surface area contributed by atoms with Crippen LogP contribution in [0.3, 0.4) is 0 Å². The van der Waals surface area contributed by atoms with Crippen molar-refractivity contribution in [2.75, 3.05) is 0 Å². The molecular formula is C19H16IrN3O-. The van der Waals surface area contributed by atoms with E-state index in [1.54, 1.807) is 0 Å². The number of aromatic nitrogens is 3. The molecule has 0 fully saturated rings. The Labute approximate surface area is 153 Å². The third kappa shape index (κ3) is 2.70. The summed E-state index contributed by atoms with van der Waals surface area (Å²) in [5.41, 5.74) is 7.30. The van der Waals surface area contributed by atoms with Gasteiger partial charge < -0.3 is 8.98 Å². The van der Waals surface area contributed by atoms with E-state index < -0.39 is 0 Å². The van der Waals surface area contributed by atoms with Crippen molar-refractivity contribution in [1.82, 2.24) is 14.5 Å². The summed E-state index contributed by atoms with van der Waals surface area (Å²) in [5.74, 6) is 0.846. The van der Waals surface area contributed by atoms with E-state index in [4.69, 9.17) is 4.42 Å². The molecule has 4 aromatic rings. The van der Waals surface area contributed by atoms with Gasteiger partial charge in [0.15, 0.2) is 6.39 Å². The Morgan fingerprint density at radius 3 is 2.54 bits per heavy atom. The second kappa shape index (κ2) is 6.34. The quantitative estimate of drug-likeness (QED) is 0.388. The predicted molar refractivity (Wildman–Crippen MR) is 89.6 cm³/mol. The van der Waals surface area contributed by atoms with Crippen LogP contribution in [0.15, 0.2) is 47.5 Å². The van der Waals surface area contributed by atoms with Crippen LogP contribution in [0.5, 0.6) is 0 Å². The molecule has 0 aliphatic rings. The molecule has 4 nitrogen and oxygen atoms in total. The number of aryl methyl sites for hydroxylation is 3. The van der Waals surface area contributed by atoms with Crippen LogP contribution in [-0.2, 0) is 20.1 Å². The molecule has 0 saturated heterocycles. The van der Waals surface area contributed by atoms with Crippen LogP contribution in [0, 0.1) is 26.8 Å². The molecule has 2 aromatic carbocycles. The molecule has 4 rings (SSSR count). The second-order valence-corrected chi connectivity index (χ2v) is 5.82. The molecular weight excluding hydrogens is 478 g/mol. The van der Waals surface area contributed by atoms with Gasteiger partial charge in [-0.15, -0.1) is 17.7 Å². The molecule has 2 aromatic heterocycles. The van der Waals surface area contributed by atoms with Crippen molar-refractivity contribution in [2.45, 2.75) is 20.8 Å². The smallest absolute Gasteiger partial charge is 0.170 e. The number of rotatable bonds is 2. The molecule has 123 valence electrons. The van der Waals surface area contributed by atoms with Gasteiger partial charge in [0.25, 0.3) is 0 Å². The van der Waals surface area contributed by atoms with E-state index in [2.05, 4.69) is 53.5 Å². The molecule has 24 heavy (non-hydrogen) atoms. The Bertz CT molecular complexity index is 993. The van der Waals surface area contributed by atoms with Crippen molar-refractivity contribution >= 4 is 11.1 Å². The van der Waals surface area contributed by atoms with Gasteiger partial charge in [0.1, 0.15) is 0 Å². The average molecular weight is 495 g/mol. The Morgan fingerprint density at radius 2 is 1.79 bits per heavy atom. The summed E-state index contributed by atoms with van der Waals surface area (Å²) < 4.78 is 7.51. The average Bonchev–Trinajstić information content (AvgIpc) is 3.13. The number of nitrogens with zero attached hydrogens (tertiary/aromatic N) is 3. The minimum absolute atomic E-state index is 0. The molecule has 0 spiro atoms. The van der Waals surface area contributed by atoms with E-state index >= 15 is 0 Å². The minimum atomic E-state index is 0. The van der Waals surface area contributed by atoms with E-state index in [1.807, 2.05) is 24.5 Å². The summed E-state index contributed by atoms with van der Waals surface area (Å²) in [6.45, 7) is 6.37. The van der Waals surface area contributed by atoms with Gasteiger partial charge in [0, 0.05) is 43.7 Å². The first-order valence-electron chi connectivity index (χ1n) is 7.50. The number of oxazole rings is 1. The van der Waals surface area contributed by atoms with Crippen molar-refractivity contribution in [3.8, 4) is 17.1 Å². The number of benzene rings is 2. The first-order valence-corrected chi connectivity index (χ1v) is 7.50. The summed E-state index contributed by atoms with van der Waals surface area (Å²) in [4.78, 5) is 8.66. The fourth-order valence-electron chi connectivity index (χ4n) is 3.16. The predicted octanol–water partition coefficient (Wildman–Crippen LogP) is 4.40. The van der Waals surface area contributed by atoms with Gasteiger partial charge in [-0.2, -0.15) is 0 Å². The van der Waals surface area contributed by atoms with Crippen LogP contribution >= 0.6 is 0 Å². The zero-order valence-corrected chi connectivity index (χ0v) is 16.0. The maximum Gasteiger partial charge on any atom is 0.170 e. The van der Waals surface area contributed by atoms with Crippen molar-refractivity contribution < 1.29 is 24.5 Å². The largest absolute Gasteiger partial charge is 0.464 e. The van der Waals surface area contributed by atoms with E-state index in [0.29, 0.717) is 0 Å². The fraction of sp³-hybridized carbons (Fsp3) is 0.158. The molecule has 2 heterocycles. The second-order valence-electron chi connectivity index (χ2n) is 5.82. The molecule has 0 aliphatic carbocycles. The van der Waals surface area contributed by atoms with Crippen LogP contribution in [0.4, 0.5) is 0 Å². The van der Waals surface area contributed by atoms with E-state index in [1.165, 1.54) is 23.1 Å². The molecule has 0 amide bonds. The molecule has 0 atom stereocenters. The molecule has 0 N–H and O–H groups in total. The van der Waals surface area contributed by atoms with Gasteiger partial charge in [0.05, 0.1) is 11.4 Å². The maximum absolute atomic E-state index is 5.40. The van der Waals surface area contributed by atoms with E-state index in [-0.39, 0.29) is 20.1 Å². The Morgan fingerprint density at radius 1 is 1.04 bits per heavy atom. The first-order chi connectivity index (χ1) is 11.1. The maximum atomic E-state index is 5.40. The molecule has 0 unspecified atom stereocenters. The number of hydrogen-bond donors (Lipinski definition) is 0. The van der Waals surface area contributed by atoms with Gasteiger partial charge in [-0.25, -0.2) is 0 Å². The van der Waals surface area contributed by atoms with Crippen LogP contribution in [0.2, 0.25) is 0 Å². The van der Waals surface area contributed by atoms with E-state index in [0.717, 1.165) is 28.2 Å². The SMILES string of the molecule is Cc1cc(C)c(-n2ccnc2-c2[c-]cc3ncoc3c2)c(C)c1.[Ir]. The van der Waals surface area contributed by atoms with Gasteiger partial charge in [0.2, 0.25) is 0 Å². The monoisotopic (exact) mass is 495 g/mol. The Hall–Kier alpha value is -2.23. The Kier molecular flexibility index (Phi) is 4.39. The van der Waals surface area contributed by atoms with Crippen LogP contribution in [0.25, 0.3) is 28.2 Å². The third-order valence-electron chi connectivity index (χ3n) is 4.02. The van der Waals surface area contributed by atoms with Gasteiger partial charge in [-0.3, -0.25) is 9.97 Å².